The predicted octanol–water partition coefficient (Wildman–Crippen LogP) is 1.43. The number of halogens is 1. The van der Waals surface area contributed by atoms with E-state index in [0.717, 1.165) is 0 Å². The summed E-state index contributed by atoms with van der Waals surface area (Å²) in [5, 5.41) is 11.5. The highest BCUT2D eigenvalue weighted by Crippen LogP contribution is 2.23. The average Bonchev–Trinajstić information content (AvgIpc) is 2.38. The van der Waals surface area contributed by atoms with Crippen LogP contribution in [0.15, 0.2) is 28.7 Å². The zero-order chi connectivity index (χ0) is 15.2. The number of rotatable bonds is 7. The molecule has 2 N–H and O–H groups in total. The monoisotopic (exact) mass is 345 g/mol. The highest BCUT2D eigenvalue weighted by atomic mass is 79.9. The Hall–Kier alpha value is -1.60. The van der Waals surface area contributed by atoms with Gasteiger partial charge in [0.1, 0.15) is 5.75 Å². The molecule has 0 fully saturated rings. The van der Waals surface area contributed by atoms with Crippen LogP contribution in [-0.4, -0.2) is 42.8 Å². The number of nitrogens with one attached hydrogen (secondary N) is 1. The molecule has 0 radical (unpaired) electrons. The van der Waals surface area contributed by atoms with Crippen molar-refractivity contribution in [2.24, 2.45) is 0 Å². The van der Waals surface area contributed by atoms with Crippen molar-refractivity contribution in [3.05, 3.63) is 28.7 Å². The van der Waals surface area contributed by atoms with E-state index < -0.39 is 17.4 Å². The first kappa shape index (κ1) is 16.5. The summed E-state index contributed by atoms with van der Waals surface area (Å²) in [6, 6.07) is 7.06. The summed E-state index contributed by atoms with van der Waals surface area (Å²) in [4.78, 5) is 22.9. The highest BCUT2D eigenvalue weighted by Gasteiger charge is 2.35. The van der Waals surface area contributed by atoms with Crippen molar-refractivity contribution in [2.75, 3.05) is 20.3 Å². The molecule has 1 rings (SSSR count). The molecule has 20 heavy (non-hydrogen) atoms. The van der Waals surface area contributed by atoms with Gasteiger partial charge in [0, 0.05) is 7.11 Å². The van der Waals surface area contributed by atoms with Crippen molar-refractivity contribution in [1.29, 1.82) is 0 Å². The van der Waals surface area contributed by atoms with Crippen LogP contribution in [0, 0.1) is 0 Å². The zero-order valence-corrected chi connectivity index (χ0v) is 12.8. The fourth-order valence-corrected chi connectivity index (χ4v) is 1.89. The second-order valence-corrected chi connectivity index (χ2v) is 5.19. The third kappa shape index (κ3) is 4.50. The molecule has 1 amide bonds. The highest BCUT2D eigenvalue weighted by molar-refractivity contribution is 9.10. The van der Waals surface area contributed by atoms with Gasteiger partial charge in [0.15, 0.2) is 12.1 Å². The number of ether oxygens (including phenoxy) is 2. The van der Waals surface area contributed by atoms with Crippen molar-refractivity contribution in [3.8, 4) is 5.75 Å². The van der Waals surface area contributed by atoms with Crippen LogP contribution in [0.25, 0.3) is 0 Å². The second kappa shape index (κ2) is 7.25. The molecular formula is C13H16BrNO5. The van der Waals surface area contributed by atoms with Gasteiger partial charge < -0.3 is 19.9 Å². The summed E-state index contributed by atoms with van der Waals surface area (Å²) < 4.78 is 10.8. The van der Waals surface area contributed by atoms with Gasteiger partial charge in [-0.3, -0.25) is 4.79 Å². The van der Waals surface area contributed by atoms with Crippen molar-refractivity contribution >= 4 is 27.8 Å². The zero-order valence-electron chi connectivity index (χ0n) is 11.2. The van der Waals surface area contributed by atoms with Gasteiger partial charge in [0.05, 0.1) is 11.1 Å². The van der Waals surface area contributed by atoms with E-state index in [0.29, 0.717) is 10.2 Å². The lowest BCUT2D eigenvalue weighted by Gasteiger charge is -2.25. The molecule has 1 aromatic carbocycles. The first-order valence-electron chi connectivity index (χ1n) is 5.80. The molecule has 1 atom stereocenters. The Kier molecular flexibility index (Phi) is 5.97. The molecule has 0 heterocycles. The number of carboxylic acid groups (broad SMARTS) is 1. The fourth-order valence-electron chi connectivity index (χ4n) is 1.49. The largest absolute Gasteiger partial charge is 0.483 e. The molecular weight excluding hydrogens is 330 g/mol. The summed E-state index contributed by atoms with van der Waals surface area (Å²) in [5.41, 5.74) is -1.48. The number of hydrogen-bond acceptors (Lipinski definition) is 4. The number of amides is 1. The number of hydrogen-bond donors (Lipinski definition) is 2. The van der Waals surface area contributed by atoms with Crippen LogP contribution in [0.1, 0.15) is 6.92 Å². The van der Waals surface area contributed by atoms with Crippen molar-refractivity contribution < 1.29 is 24.2 Å². The molecule has 6 nitrogen and oxygen atoms in total. The van der Waals surface area contributed by atoms with E-state index in [9.17, 15) is 9.59 Å². The summed E-state index contributed by atoms with van der Waals surface area (Å²) in [6.07, 6.45) is 0. The standard InChI is InChI=1S/C13H16BrNO5/c1-13(8-19-2,12(17)18)15-11(16)7-20-10-6-4-3-5-9(10)14/h3-6H,7-8H2,1-2H3,(H,15,16)(H,17,18). The summed E-state index contributed by atoms with van der Waals surface area (Å²) in [5.74, 6) is -1.21. The minimum absolute atomic E-state index is 0.136. The maximum atomic E-state index is 11.8. The summed E-state index contributed by atoms with van der Waals surface area (Å²) in [7, 11) is 1.37. The minimum atomic E-state index is -1.48. The molecule has 0 bridgehead atoms. The maximum absolute atomic E-state index is 11.8. The van der Waals surface area contributed by atoms with Crippen molar-refractivity contribution in [1.82, 2.24) is 5.32 Å². The van der Waals surface area contributed by atoms with E-state index in [-0.39, 0.29) is 13.2 Å². The third-order valence-electron chi connectivity index (χ3n) is 2.52. The number of methoxy groups -OCH3 is 1. The van der Waals surface area contributed by atoms with Gasteiger partial charge >= 0.3 is 5.97 Å². The number of para-hydroxylation sites is 1. The molecule has 1 aromatic rings. The predicted molar refractivity (Wildman–Crippen MR) is 75.7 cm³/mol. The van der Waals surface area contributed by atoms with Crippen LogP contribution >= 0.6 is 15.9 Å². The van der Waals surface area contributed by atoms with Gasteiger partial charge in [-0.15, -0.1) is 0 Å². The van der Waals surface area contributed by atoms with E-state index in [2.05, 4.69) is 21.2 Å². The second-order valence-electron chi connectivity index (χ2n) is 4.34. The van der Waals surface area contributed by atoms with E-state index in [1.165, 1.54) is 14.0 Å². The molecule has 0 aromatic heterocycles. The molecule has 7 heteroatoms. The van der Waals surface area contributed by atoms with Crippen LogP contribution in [0.3, 0.4) is 0 Å². The Balaban J connectivity index is 2.59. The fraction of sp³-hybridized carbons (Fsp3) is 0.385. The van der Waals surface area contributed by atoms with E-state index in [1.807, 2.05) is 6.07 Å². The maximum Gasteiger partial charge on any atom is 0.331 e. The lowest BCUT2D eigenvalue weighted by molar-refractivity contribution is -0.149. The van der Waals surface area contributed by atoms with Gasteiger partial charge in [-0.1, -0.05) is 12.1 Å². The Morgan fingerprint density at radius 3 is 2.60 bits per heavy atom. The lowest BCUT2D eigenvalue weighted by atomic mass is 10.0. The Morgan fingerprint density at radius 2 is 2.05 bits per heavy atom. The van der Waals surface area contributed by atoms with Gasteiger partial charge in [-0.05, 0) is 35.0 Å². The Labute approximate surface area is 125 Å². The van der Waals surface area contributed by atoms with Crippen molar-refractivity contribution in [2.45, 2.75) is 12.5 Å². The third-order valence-corrected chi connectivity index (χ3v) is 3.17. The molecule has 0 spiro atoms. The van der Waals surface area contributed by atoms with Gasteiger partial charge in [-0.2, -0.15) is 0 Å². The number of aliphatic carboxylic acids is 1. The minimum Gasteiger partial charge on any atom is -0.483 e. The van der Waals surface area contributed by atoms with Crippen LogP contribution in [-0.2, 0) is 14.3 Å². The van der Waals surface area contributed by atoms with E-state index in [1.54, 1.807) is 18.2 Å². The van der Waals surface area contributed by atoms with E-state index in [4.69, 9.17) is 14.6 Å². The molecule has 0 aliphatic heterocycles. The summed E-state index contributed by atoms with van der Waals surface area (Å²) >= 11 is 3.29. The molecule has 110 valence electrons. The van der Waals surface area contributed by atoms with Gasteiger partial charge in [-0.25, -0.2) is 4.79 Å². The normalized spacial score (nSPS) is 13.3. The number of carbonyl (C=O) groups excluding carboxylic acids is 1. The number of benzene rings is 1. The molecule has 0 aliphatic rings. The van der Waals surface area contributed by atoms with Gasteiger partial charge in [0.2, 0.25) is 0 Å². The summed E-state index contributed by atoms with van der Waals surface area (Å²) in [6.45, 7) is 0.952. The van der Waals surface area contributed by atoms with Crippen LogP contribution in [0.5, 0.6) is 5.75 Å². The van der Waals surface area contributed by atoms with Crippen molar-refractivity contribution in [3.63, 3.8) is 0 Å². The van der Waals surface area contributed by atoms with Crippen LogP contribution in [0.2, 0.25) is 0 Å². The first-order valence-corrected chi connectivity index (χ1v) is 6.59. The average molecular weight is 346 g/mol. The quantitative estimate of drug-likeness (QED) is 0.780. The smallest absolute Gasteiger partial charge is 0.331 e. The molecule has 0 saturated heterocycles. The Bertz CT molecular complexity index is 493. The number of carbonyl (C=O) groups is 2. The van der Waals surface area contributed by atoms with Crippen LogP contribution in [0.4, 0.5) is 0 Å². The van der Waals surface area contributed by atoms with Gasteiger partial charge in [0.25, 0.3) is 5.91 Å². The van der Waals surface area contributed by atoms with Crippen LogP contribution < -0.4 is 10.1 Å². The molecule has 0 saturated carbocycles. The molecule has 0 aliphatic carbocycles. The SMILES string of the molecule is COCC(C)(NC(=O)COc1ccccc1Br)C(=O)O. The van der Waals surface area contributed by atoms with E-state index >= 15 is 0 Å². The first-order chi connectivity index (χ1) is 9.39. The Morgan fingerprint density at radius 1 is 1.40 bits per heavy atom. The molecule has 1 unspecified atom stereocenters. The lowest BCUT2D eigenvalue weighted by Crippen LogP contribution is -2.56. The topological polar surface area (TPSA) is 84.9 Å². The number of carboxylic acids is 1.